The van der Waals surface area contributed by atoms with Gasteiger partial charge in [-0.15, -0.1) is 0 Å². The lowest BCUT2D eigenvalue weighted by Gasteiger charge is -1.96. The van der Waals surface area contributed by atoms with Crippen LogP contribution in [0.15, 0.2) is 10.3 Å². The summed E-state index contributed by atoms with van der Waals surface area (Å²) in [6.07, 6.45) is 0.574. The molecule has 6 nitrogen and oxygen atoms in total. The summed E-state index contributed by atoms with van der Waals surface area (Å²) in [4.78, 5) is 0. The first-order valence-corrected chi connectivity index (χ1v) is 5.19. The molecule has 2 N–H and O–H groups in total. The first-order chi connectivity index (χ1) is 4.69. The van der Waals surface area contributed by atoms with E-state index in [1.54, 1.807) is 0 Å². The molecule has 0 spiro atoms. The van der Waals surface area contributed by atoms with Gasteiger partial charge in [0.2, 0.25) is 4.24 Å². The lowest BCUT2D eigenvalue weighted by molar-refractivity contribution is 0.480. The van der Waals surface area contributed by atoms with Gasteiger partial charge in [-0.3, -0.25) is 9.11 Å². The van der Waals surface area contributed by atoms with Gasteiger partial charge in [-0.2, -0.15) is 16.8 Å². The Morgan fingerprint density at radius 3 is 1.36 bits per heavy atom. The summed E-state index contributed by atoms with van der Waals surface area (Å²) in [5, 5.41) is 0. The van der Waals surface area contributed by atoms with Gasteiger partial charge in [0.1, 0.15) is 0 Å². The van der Waals surface area contributed by atoms with E-state index in [-0.39, 0.29) is 0 Å². The molecule has 0 aliphatic carbocycles. The van der Waals surface area contributed by atoms with Crippen LogP contribution in [0.2, 0.25) is 0 Å². The number of allylic oxidation sites excluding steroid dienone is 1. The summed E-state index contributed by atoms with van der Waals surface area (Å²) in [7, 11) is -9.70. The van der Waals surface area contributed by atoms with Gasteiger partial charge in [-0.25, -0.2) is 0 Å². The molecule has 0 amide bonds. The highest BCUT2D eigenvalue weighted by Crippen LogP contribution is 2.10. The predicted octanol–water partition coefficient (Wildman–Crippen LogP) is -0.377. The molecule has 0 unspecified atom stereocenters. The lowest BCUT2D eigenvalue weighted by atomic mass is 10.8. The maximum atomic E-state index is 10.2. The molecular weight excluding hydrogens is 196 g/mol. The van der Waals surface area contributed by atoms with Crippen molar-refractivity contribution in [1.29, 1.82) is 0 Å². The van der Waals surface area contributed by atoms with Crippen LogP contribution in [0.5, 0.6) is 0 Å². The molecule has 0 saturated carbocycles. The Balaban J connectivity index is 5.44. The van der Waals surface area contributed by atoms with E-state index in [1.165, 1.54) is 0 Å². The van der Waals surface area contributed by atoms with Crippen molar-refractivity contribution in [3.8, 4) is 0 Å². The van der Waals surface area contributed by atoms with Gasteiger partial charge < -0.3 is 0 Å². The van der Waals surface area contributed by atoms with Crippen LogP contribution in [-0.4, -0.2) is 25.9 Å². The summed E-state index contributed by atoms with van der Waals surface area (Å²) in [6.45, 7) is 1.05. The van der Waals surface area contributed by atoms with E-state index in [2.05, 4.69) is 0 Å². The highest BCUT2D eigenvalue weighted by atomic mass is 32.3. The van der Waals surface area contributed by atoms with Gasteiger partial charge >= 0.3 is 20.2 Å². The van der Waals surface area contributed by atoms with E-state index in [0.717, 1.165) is 6.92 Å². The van der Waals surface area contributed by atoms with Crippen molar-refractivity contribution in [1.82, 2.24) is 0 Å². The average molecular weight is 202 g/mol. The third-order valence-electron chi connectivity index (χ3n) is 0.744. The lowest BCUT2D eigenvalue weighted by Crippen LogP contribution is -2.11. The van der Waals surface area contributed by atoms with Crippen LogP contribution in [0.25, 0.3) is 0 Å². The largest absolute Gasteiger partial charge is 0.307 e. The van der Waals surface area contributed by atoms with Crippen molar-refractivity contribution >= 4 is 20.2 Å². The Bertz CT molecular complexity index is 323. The van der Waals surface area contributed by atoms with Crippen molar-refractivity contribution in [2.24, 2.45) is 0 Å². The molecular formula is C3H6O6S2. The minimum absolute atomic E-state index is 0.574. The minimum Gasteiger partial charge on any atom is -0.281 e. The monoisotopic (exact) mass is 202 g/mol. The maximum absolute atomic E-state index is 10.2. The number of hydrogen-bond acceptors (Lipinski definition) is 4. The summed E-state index contributed by atoms with van der Waals surface area (Å²) < 4.78 is 55.6. The molecule has 0 aromatic heterocycles. The van der Waals surface area contributed by atoms with E-state index < -0.39 is 24.5 Å². The zero-order valence-electron chi connectivity index (χ0n) is 5.42. The standard InChI is InChI=1S/C3H6O6S2/c1-2-3(10(4,5)6)11(7,8)9/h2H,1H3,(H,4,5,6)(H,7,8,9). The predicted molar refractivity (Wildman–Crippen MR) is 36.9 cm³/mol. The molecule has 66 valence electrons. The average Bonchev–Trinajstić information content (AvgIpc) is 1.56. The van der Waals surface area contributed by atoms with E-state index in [9.17, 15) is 16.8 Å². The van der Waals surface area contributed by atoms with Crippen molar-refractivity contribution in [2.75, 3.05) is 0 Å². The fraction of sp³-hybridized carbons (Fsp3) is 0.333. The van der Waals surface area contributed by atoms with Crippen molar-refractivity contribution in [3.05, 3.63) is 10.3 Å². The molecule has 0 fully saturated rings. The van der Waals surface area contributed by atoms with Gasteiger partial charge in [0.05, 0.1) is 0 Å². The molecule has 0 bridgehead atoms. The normalized spacial score (nSPS) is 12.6. The first-order valence-electron chi connectivity index (χ1n) is 2.31. The topological polar surface area (TPSA) is 109 Å². The third-order valence-corrected chi connectivity index (χ3v) is 3.50. The Morgan fingerprint density at radius 1 is 1.09 bits per heavy atom. The second kappa shape index (κ2) is 2.89. The van der Waals surface area contributed by atoms with Crippen LogP contribution in [0.3, 0.4) is 0 Å². The quantitative estimate of drug-likeness (QED) is 0.591. The van der Waals surface area contributed by atoms with Crippen LogP contribution in [-0.2, 0) is 20.2 Å². The van der Waals surface area contributed by atoms with Gasteiger partial charge in [0.15, 0.2) is 0 Å². The second-order valence-electron chi connectivity index (χ2n) is 1.56. The van der Waals surface area contributed by atoms with Crippen LogP contribution < -0.4 is 0 Å². The summed E-state index contributed by atoms with van der Waals surface area (Å²) in [5.41, 5.74) is 0. The third kappa shape index (κ3) is 2.97. The van der Waals surface area contributed by atoms with Crippen molar-refractivity contribution in [3.63, 3.8) is 0 Å². The molecule has 11 heavy (non-hydrogen) atoms. The molecule has 0 heterocycles. The Labute approximate surface area is 64.0 Å². The van der Waals surface area contributed by atoms with E-state index >= 15 is 0 Å². The molecule has 8 heteroatoms. The Kier molecular flexibility index (Phi) is 2.78. The summed E-state index contributed by atoms with van der Waals surface area (Å²) >= 11 is 0. The zero-order chi connectivity index (χ0) is 9.28. The van der Waals surface area contributed by atoms with Crippen LogP contribution >= 0.6 is 0 Å². The Morgan fingerprint density at radius 2 is 1.36 bits per heavy atom. The smallest absolute Gasteiger partial charge is 0.281 e. The van der Waals surface area contributed by atoms with E-state index in [4.69, 9.17) is 9.11 Å². The van der Waals surface area contributed by atoms with Crippen molar-refractivity contribution < 1.29 is 25.9 Å². The number of rotatable bonds is 2. The highest BCUT2D eigenvalue weighted by molar-refractivity contribution is 8.09. The first kappa shape index (κ1) is 10.6. The molecule has 0 atom stereocenters. The summed E-state index contributed by atoms with van der Waals surface area (Å²) in [6, 6.07) is 0. The maximum Gasteiger partial charge on any atom is 0.307 e. The molecule has 0 aromatic rings. The fourth-order valence-corrected chi connectivity index (χ4v) is 2.09. The molecule has 0 radical (unpaired) electrons. The molecule has 0 aliphatic heterocycles. The number of hydrogen-bond donors (Lipinski definition) is 2. The second-order valence-corrected chi connectivity index (χ2v) is 4.60. The fourth-order valence-electron chi connectivity index (χ4n) is 0.431. The highest BCUT2D eigenvalue weighted by Gasteiger charge is 2.25. The van der Waals surface area contributed by atoms with Gasteiger partial charge in [-0.05, 0) is 6.92 Å². The van der Waals surface area contributed by atoms with E-state index in [0.29, 0.717) is 6.08 Å². The van der Waals surface area contributed by atoms with Crippen LogP contribution in [0.4, 0.5) is 0 Å². The Hall–Kier alpha value is -0.440. The van der Waals surface area contributed by atoms with Crippen LogP contribution in [0, 0.1) is 0 Å². The van der Waals surface area contributed by atoms with Crippen molar-refractivity contribution in [2.45, 2.75) is 6.92 Å². The van der Waals surface area contributed by atoms with E-state index in [1.807, 2.05) is 0 Å². The van der Waals surface area contributed by atoms with Gasteiger partial charge in [0, 0.05) is 0 Å². The molecule has 0 aromatic carbocycles. The van der Waals surface area contributed by atoms with Gasteiger partial charge in [0.25, 0.3) is 0 Å². The molecule has 0 saturated heterocycles. The minimum atomic E-state index is -4.85. The molecule has 0 rings (SSSR count). The van der Waals surface area contributed by atoms with Crippen LogP contribution in [0.1, 0.15) is 6.92 Å². The zero-order valence-corrected chi connectivity index (χ0v) is 7.05. The SMILES string of the molecule is CC=C(S(=O)(=O)O)S(=O)(=O)O. The summed E-state index contributed by atoms with van der Waals surface area (Å²) in [5.74, 6) is 0. The van der Waals surface area contributed by atoms with Gasteiger partial charge in [-0.1, -0.05) is 6.08 Å². The molecule has 0 aliphatic rings.